The van der Waals surface area contributed by atoms with Gasteiger partial charge in [-0.2, -0.15) is 0 Å². The Kier molecular flexibility index (Phi) is 6.88. The van der Waals surface area contributed by atoms with Crippen molar-refractivity contribution < 1.29 is 9.53 Å². The Morgan fingerprint density at radius 2 is 1.57 bits per heavy atom. The molecule has 84 valence electrons. The number of esters is 1. The molecule has 0 aliphatic rings. The Labute approximate surface area is 89.0 Å². The van der Waals surface area contributed by atoms with Crippen LogP contribution in [0.2, 0.25) is 24.2 Å². The fraction of sp³-hybridized carbons (Fsp3) is 0.909. The summed E-state index contributed by atoms with van der Waals surface area (Å²) in [4.78, 5) is 11.2. The second kappa shape index (κ2) is 7.04. The van der Waals surface area contributed by atoms with E-state index in [0.717, 1.165) is 6.04 Å². The van der Waals surface area contributed by atoms with Gasteiger partial charge in [0.1, 0.15) is 0 Å². The van der Waals surface area contributed by atoms with Crippen LogP contribution >= 0.6 is 0 Å². The smallest absolute Gasteiger partial charge is 0.305 e. The van der Waals surface area contributed by atoms with Gasteiger partial charge in [-0.1, -0.05) is 38.9 Å². The molecule has 0 saturated heterocycles. The van der Waals surface area contributed by atoms with Crippen molar-refractivity contribution in [3.8, 4) is 0 Å². The maximum Gasteiger partial charge on any atom is 0.305 e. The molecule has 0 aliphatic heterocycles. The lowest BCUT2D eigenvalue weighted by Crippen LogP contribution is -2.31. The van der Waals surface area contributed by atoms with E-state index in [1.807, 2.05) is 6.92 Å². The molecule has 0 N–H and O–H groups in total. The Hall–Kier alpha value is -0.313. The zero-order valence-electron chi connectivity index (χ0n) is 10.1. The largest absolute Gasteiger partial charge is 0.466 e. The van der Waals surface area contributed by atoms with Crippen LogP contribution in [0.15, 0.2) is 0 Å². The summed E-state index contributed by atoms with van der Waals surface area (Å²) in [7, 11) is -1.11. The molecule has 2 nitrogen and oxygen atoms in total. The summed E-state index contributed by atoms with van der Waals surface area (Å²) < 4.78 is 4.95. The monoisotopic (exact) mass is 216 g/mol. The minimum Gasteiger partial charge on any atom is -0.466 e. The van der Waals surface area contributed by atoms with E-state index in [9.17, 15) is 4.79 Å². The lowest BCUT2D eigenvalue weighted by atomic mass is 10.5. The topological polar surface area (TPSA) is 26.3 Å². The van der Waals surface area contributed by atoms with Gasteiger partial charge in [0.25, 0.3) is 0 Å². The normalized spacial score (nSPS) is 11.4. The minimum absolute atomic E-state index is 0.0141. The zero-order valence-corrected chi connectivity index (χ0v) is 11.1. The Bertz CT molecular complexity index is 156. The van der Waals surface area contributed by atoms with Crippen LogP contribution in [0.1, 0.15) is 34.1 Å². The number of carbonyl (C=O) groups excluding carboxylic acids is 1. The summed E-state index contributed by atoms with van der Waals surface area (Å²) in [6.45, 7) is 9.18. The third-order valence-corrected chi connectivity index (χ3v) is 9.23. The van der Waals surface area contributed by atoms with Gasteiger partial charge in [-0.3, -0.25) is 4.79 Å². The molecule has 0 amide bonds. The quantitative estimate of drug-likeness (QED) is 0.481. The third kappa shape index (κ3) is 4.27. The van der Waals surface area contributed by atoms with E-state index < -0.39 is 8.07 Å². The summed E-state index contributed by atoms with van der Waals surface area (Å²) in [6.07, 6.45) is 0.635. The van der Waals surface area contributed by atoms with Crippen molar-refractivity contribution in [2.45, 2.75) is 58.3 Å². The number of rotatable bonds is 7. The molecule has 0 aromatic heterocycles. The fourth-order valence-corrected chi connectivity index (χ4v) is 5.18. The van der Waals surface area contributed by atoms with Gasteiger partial charge in [0.2, 0.25) is 0 Å². The highest BCUT2D eigenvalue weighted by atomic mass is 28.3. The van der Waals surface area contributed by atoms with Crippen LogP contribution in [0.25, 0.3) is 0 Å². The molecule has 0 saturated carbocycles. The molecule has 0 spiro atoms. The number of ether oxygens (including phenoxy) is 1. The Balaban J connectivity index is 3.99. The average molecular weight is 216 g/mol. The van der Waals surface area contributed by atoms with E-state index >= 15 is 0 Å². The fourth-order valence-electron chi connectivity index (χ4n) is 1.88. The highest BCUT2D eigenvalue weighted by molar-refractivity contribution is 6.79. The van der Waals surface area contributed by atoms with E-state index in [1.54, 1.807) is 0 Å². The van der Waals surface area contributed by atoms with Crippen LogP contribution in [0, 0.1) is 0 Å². The highest BCUT2D eigenvalue weighted by Gasteiger charge is 2.27. The van der Waals surface area contributed by atoms with Crippen molar-refractivity contribution in [3.63, 3.8) is 0 Å². The maximum atomic E-state index is 11.2. The van der Waals surface area contributed by atoms with Gasteiger partial charge >= 0.3 is 5.97 Å². The predicted molar refractivity (Wildman–Crippen MR) is 63.3 cm³/mol. The van der Waals surface area contributed by atoms with Crippen LogP contribution in [0.4, 0.5) is 0 Å². The van der Waals surface area contributed by atoms with Crippen LogP contribution in [0.5, 0.6) is 0 Å². The first-order valence-corrected chi connectivity index (χ1v) is 8.62. The average Bonchev–Trinajstić information content (AvgIpc) is 2.21. The maximum absolute atomic E-state index is 11.2. The molecule has 0 fully saturated rings. The molecule has 0 unspecified atom stereocenters. The molecular weight excluding hydrogens is 192 g/mol. The van der Waals surface area contributed by atoms with Crippen molar-refractivity contribution in [3.05, 3.63) is 0 Å². The van der Waals surface area contributed by atoms with Crippen molar-refractivity contribution >= 4 is 14.0 Å². The number of hydrogen-bond donors (Lipinski definition) is 0. The van der Waals surface area contributed by atoms with Crippen molar-refractivity contribution in [2.75, 3.05) is 6.61 Å². The second-order valence-electron chi connectivity index (χ2n) is 3.87. The minimum atomic E-state index is -1.11. The van der Waals surface area contributed by atoms with Crippen LogP contribution in [-0.4, -0.2) is 20.7 Å². The summed E-state index contributed by atoms with van der Waals surface area (Å²) in [6, 6.07) is 4.98. The van der Waals surface area contributed by atoms with E-state index in [-0.39, 0.29) is 5.97 Å². The SMILES string of the molecule is CCOC(=O)CC[Si](CC)(CC)CC. The molecule has 0 aromatic rings. The number of hydrogen-bond acceptors (Lipinski definition) is 2. The second-order valence-corrected chi connectivity index (χ2v) is 9.49. The van der Waals surface area contributed by atoms with Gasteiger partial charge in [0.15, 0.2) is 0 Å². The van der Waals surface area contributed by atoms with Gasteiger partial charge in [-0.05, 0) is 13.0 Å². The van der Waals surface area contributed by atoms with Crippen molar-refractivity contribution in [1.82, 2.24) is 0 Å². The van der Waals surface area contributed by atoms with E-state index in [0.29, 0.717) is 13.0 Å². The lowest BCUT2D eigenvalue weighted by molar-refractivity contribution is -0.142. The van der Waals surface area contributed by atoms with Crippen molar-refractivity contribution in [1.29, 1.82) is 0 Å². The summed E-state index contributed by atoms with van der Waals surface area (Å²) in [5, 5.41) is 0. The molecular formula is C11H24O2Si. The van der Waals surface area contributed by atoms with Crippen LogP contribution in [0.3, 0.4) is 0 Å². The molecule has 0 radical (unpaired) electrons. The van der Waals surface area contributed by atoms with Gasteiger partial charge in [-0.15, -0.1) is 0 Å². The third-order valence-electron chi connectivity index (χ3n) is 3.41. The van der Waals surface area contributed by atoms with Gasteiger partial charge in [-0.25, -0.2) is 0 Å². The molecule has 0 aliphatic carbocycles. The van der Waals surface area contributed by atoms with E-state index in [4.69, 9.17) is 4.74 Å². The van der Waals surface area contributed by atoms with Crippen LogP contribution < -0.4 is 0 Å². The molecule has 0 rings (SSSR count). The first-order valence-electron chi connectivity index (χ1n) is 5.79. The molecule has 0 aromatic carbocycles. The van der Waals surface area contributed by atoms with Crippen LogP contribution in [-0.2, 0) is 9.53 Å². The Morgan fingerprint density at radius 3 is 1.93 bits per heavy atom. The molecule has 0 bridgehead atoms. The van der Waals surface area contributed by atoms with Gasteiger partial charge in [0.05, 0.1) is 14.7 Å². The van der Waals surface area contributed by atoms with Gasteiger partial charge in [0, 0.05) is 6.42 Å². The van der Waals surface area contributed by atoms with E-state index in [1.165, 1.54) is 18.1 Å². The summed E-state index contributed by atoms with van der Waals surface area (Å²) >= 11 is 0. The van der Waals surface area contributed by atoms with Crippen molar-refractivity contribution in [2.24, 2.45) is 0 Å². The molecule has 14 heavy (non-hydrogen) atoms. The van der Waals surface area contributed by atoms with Gasteiger partial charge < -0.3 is 4.74 Å². The van der Waals surface area contributed by atoms with E-state index in [2.05, 4.69) is 20.8 Å². The summed E-state index contributed by atoms with van der Waals surface area (Å²) in [5.41, 5.74) is 0. The molecule has 0 heterocycles. The Morgan fingerprint density at radius 1 is 1.07 bits per heavy atom. The lowest BCUT2D eigenvalue weighted by Gasteiger charge is -2.27. The predicted octanol–water partition coefficient (Wildman–Crippen LogP) is 3.45. The summed E-state index contributed by atoms with van der Waals surface area (Å²) in [5.74, 6) is -0.0141. The first-order chi connectivity index (χ1) is 6.64. The highest BCUT2D eigenvalue weighted by Crippen LogP contribution is 2.26. The first kappa shape index (κ1) is 13.7. The standard InChI is InChI=1S/C11H24O2Si/c1-5-13-11(12)9-10-14(6-2,7-3)8-4/h5-10H2,1-4H3. The molecule has 3 heteroatoms. The number of carbonyl (C=O) groups is 1. The molecule has 0 atom stereocenters. The zero-order chi connectivity index (χ0) is 11.0.